The van der Waals surface area contributed by atoms with Gasteiger partial charge in [-0.15, -0.1) is 0 Å². The van der Waals surface area contributed by atoms with Crippen molar-refractivity contribution in [2.75, 3.05) is 0 Å². The third kappa shape index (κ3) is 2.81. The number of aromatic nitrogens is 1. The van der Waals surface area contributed by atoms with E-state index in [1.807, 2.05) is 31.2 Å². The summed E-state index contributed by atoms with van der Waals surface area (Å²) in [6, 6.07) is 11.0. The summed E-state index contributed by atoms with van der Waals surface area (Å²) < 4.78 is 5.70. The maximum atomic E-state index is 12.3. The van der Waals surface area contributed by atoms with Gasteiger partial charge in [0.15, 0.2) is 5.78 Å². The van der Waals surface area contributed by atoms with Crippen LogP contribution in [0.1, 0.15) is 34.5 Å². The average molecular weight is 253 g/mol. The summed E-state index contributed by atoms with van der Waals surface area (Å²) in [4.78, 5) is 16.5. The minimum Gasteiger partial charge on any atom is -0.490 e. The number of hydrogen-bond donors (Lipinski definition) is 0. The highest BCUT2D eigenvalue weighted by molar-refractivity contribution is 6.08. The zero-order chi connectivity index (χ0) is 13.2. The smallest absolute Gasteiger partial charge is 0.194 e. The van der Waals surface area contributed by atoms with E-state index in [9.17, 15) is 4.79 Å². The van der Waals surface area contributed by atoms with Crippen molar-refractivity contribution >= 4 is 5.78 Å². The van der Waals surface area contributed by atoms with Crippen molar-refractivity contribution in [3.63, 3.8) is 0 Å². The van der Waals surface area contributed by atoms with Gasteiger partial charge >= 0.3 is 0 Å². The highest BCUT2D eigenvalue weighted by atomic mass is 16.5. The van der Waals surface area contributed by atoms with E-state index < -0.39 is 0 Å². The number of rotatable bonds is 4. The first kappa shape index (κ1) is 11.9. The van der Waals surface area contributed by atoms with Crippen LogP contribution in [0, 0.1) is 6.92 Å². The van der Waals surface area contributed by atoms with Gasteiger partial charge in [-0.3, -0.25) is 9.78 Å². The molecule has 1 aliphatic carbocycles. The highest BCUT2D eigenvalue weighted by Gasteiger charge is 2.23. The van der Waals surface area contributed by atoms with Gasteiger partial charge in [0.05, 0.1) is 6.10 Å². The van der Waals surface area contributed by atoms with E-state index in [2.05, 4.69) is 4.98 Å². The Morgan fingerprint density at radius 3 is 2.74 bits per heavy atom. The quantitative estimate of drug-likeness (QED) is 0.786. The Bertz CT molecular complexity index is 600. The second kappa shape index (κ2) is 4.84. The van der Waals surface area contributed by atoms with Crippen LogP contribution >= 0.6 is 0 Å². The summed E-state index contributed by atoms with van der Waals surface area (Å²) in [5.74, 6) is 0.752. The number of benzene rings is 1. The molecule has 3 heteroatoms. The minimum absolute atomic E-state index is 0.0197. The zero-order valence-electron chi connectivity index (χ0n) is 10.8. The molecule has 3 nitrogen and oxygen atoms in total. The Balaban J connectivity index is 1.84. The second-order valence-corrected chi connectivity index (χ2v) is 4.86. The number of pyridine rings is 1. The van der Waals surface area contributed by atoms with Gasteiger partial charge in [-0.25, -0.2) is 0 Å². The zero-order valence-corrected chi connectivity index (χ0v) is 10.8. The van der Waals surface area contributed by atoms with Gasteiger partial charge in [0.25, 0.3) is 0 Å². The fourth-order valence-corrected chi connectivity index (χ4v) is 1.86. The van der Waals surface area contributed by atoms with Crippen LogP contribution in [0.3, 0.4) is 0 Å². The Hall–Kier alpha value is -2.16. The third-order valence-electron chi connectivity index (χ3n) is 3.10. The fourth-order valence-electron chi connectivity index (χ4n) is 1.86. The molecule has 19 heavy (non-hydrogen) atoms. The lowest BCUT2D eigenvalue weighted by Gasteiger charge is -2.06. The third-order valence-corrected chi connectivity index (χ3v) is 3.10. The van der Waals surface area contributed by atoms with E-state index in [1.54, 1.807) is 18.3 Å². The van der Waals surface area contributed by atoms with E-state index in [0.717, 1.165) is 24.3 Å². The van der Waals surface area contributed by atoms with E-state index in [1.165, 1.54) is 0 Å². The first-order chi connectivity index (χ1) is 9.22. The Morgan fingerprint density at radius 2 is 2.05 bits per heavy atom. The van der Waals surface area contributed by atoms with Crippen LogP contribution in [0.2, 0.25) is 0 Å². The standard InChI is InChI=1S/C16H15NO2/c1-11-5-6-13(10-17-11)16(18)12-3-2-4-15(9-12)19-14-7-8-14/h2-6,9-10,14H,7-8H2,1H3. The van der Waals surface area contributed by atoms with Crippen molar-refractivity contribution in [2.24, 2.45) is 0 Å². The minimum atomic E-state index is -0.0197. The molecule has 1 fully saturated rings. The number of hydrogen-bond acceptors (Lipinski definition) is 3. The molecule has 1 aromatic heterocycles. The van der Waals surface area contributed by atoms with Gasteiger partial charge in [0, 0.05) is 23.0 Å². The molecule has 1 aromatic carbocycles. The molecular formula is C16H15NO2. The van der Waals surface area contributed by atoms with E-state index in [0.29, 0.717) is 17.2 Å². The molecule has 0 spiro atoms. The van der Waals surface area contributed by atoms with Crippen LogP contribution in [0.5, 0.6) is 5.75 Å². The molecule has 2 aromatic rings. The van der Waals surface area contributed by atoms with Crippen LogP contribution in [0.15, 0.2) is 42.6 Å². The summed E-state index contributed by atoms with van der Waals surface area (Å²) in [5.41, 5.74) is 2.15. The van der Waals surface area contributed by atoms with Crippen LogP contribution in [0.4, 0.5) is 0 Å². The lowest BCUT2D eigenvalue weighted by molar-refractivity contribution is 0.103. The van der Waals surface area contributed by atoms with Gasteiger partial charge in [0.1, 0.15) is 5.75 Å². The Labute approximate surface area is 112 Å². The second-order valence-electron chi connectivity index (χ2n) is 4.86. The molecule has 0 bridgehead atoms. The molecule has 0 saturated heterocycles. The lowest BCUT2D eigenvalue weighted by atomic mass is 10.0. The van der Waals surface area contributed by atoms with Crippen molar-refractivity contribution in [1.29, 1.82) is 0 Å². The predicted molar refractivity (Wildman–Crippen MR) is 72.5 cm³/mol. The molecule has 3 rings (SSSR count). The number of aryl methyl sites for hydroxylation is 1. The van der Waals surface area contributed by atoms with Crippen LogP contribution < -0.4 is 4.74 Å². The molecule has 1 aliphatic rings. The van der Waals surface area contributed by atoms with Crippen molar-refractivity contribution in [1.82, 2.24) is 4.98 Å². The summed E-state index contributed by atoms with van der Waals surface area (Å²) in [5, 5.41) is 0. The molecule has 1 saturated carbocycles. The van der Waals surface area contributed by atoms with Crippen molar-refractivity contribution in [3.8, 4) is 5.75 Å². The molecule has 0 amide bonds. The van der Waals surface area contributed by atoms with Crippen LogP contribution in [0.25, 0.3) is 0 Å². The Morgan fingerprint density at radius 1 is 1.21 bits per heavy atom. The van der Waals surface area contributed by atoms with E-state index in [4.69, 9.17) is 4.74 Å². The van der Waals surface area contributed by atoms with Gasteiger partial charge in [-0.1, -0.05) is 12.1 Å². The molecule has 0 unspecified atom stereocenters. The average Bonchev–Trinajstić information content (AvgIpc) is 3.23. The van der Waals surface area contributed by atoms with Gasteiger partial charge in [-0.05, 0) is 44.0 Å². The summed E-state index contributed by atoms with van der Waals surface area (Å²) in [7, 11) is 0. The molecular weight excluding hydrogens is 238 g/mol. The number of carbonyl (C=O) groups is 1. The molecule has 0 atom stereocenters. The van der Waals surface area contributed by atoms with Crippen molar-refractivity contribution in [3.05, 3.63) is 59.4 Å². The van der Waals surface area contributed by atoms with Gasteiger partial charge in [0.2, 0.25) is 0 Å². The largest absolute Gasteiger partial charge is 0.490 e. The molecule has 1 heterocycles. The first-order valence-corrected chi connectivity index (χ1v) is 6.46. The van der Waals surface area contributed by atoms with Crippen molar-refractivity contribution in [2.45, 2.75) is 25.9 Å². The SMILES string of the molecule is Cc1ccc(C(=O)c2cccc(OC3CC3)c2)cn1. The van der Waals surface area contributed by atoms with Gasteiger partial charge in [-0.2, -0.15) is 0 Å². The van der Waals surface area contributed by atoms with Crippen LogP contribution in [-0.2, 0) is 0 Å². The Kier molecular flexibility index (Phi) is 3.03. The topological polar surface area (TPSA) is 39.2 Å². The molecule has 96 valence electrons. The first-order valence-electron chi connectivity index (χ1n) is 6.46. The fraction of sp³-hybridized carbons (Fsp3) is 0.250. The maximum Gasteiger partial charge on any atom is 0.194 e. The number of carbonyl (C=O) groups excluding carboxylic acids is 1. The van der Waals surface area contributed by atoms with Gasteiger partial charge < -0.3 is 4.74 Å². The molecule has 0 N–H and O–H groups in total. The predicted octanol–water partition coefficient (Wildman–Crippen LogP) is 3.16. The molecule has 0 aliphatic heterocycles. The number of ketones is 1. The summed E-state index contributed by atoms with van der Waals surface area (Å²) >= 11 is 0. The van der Waals surface area contributed by atoms with E-state index >= 15 is 0 Å². The normalized spacial score (nSPS) is 14.2. The van der Waals surface area contributed by atoms with Crippen LogP contribution in [-0.4, -0.2) is 16.9 Å². The van der Waals surface area contributed by atoms with Crippen molar-refractivity contribution < 1.29 is 9.53 Å². The number of nitrogens with zero attached hydrogens (tertiary/aromatic N) is 1. The number of ether oxygens (including phenoxy) is 1. The monoisotopic (exact) mass is 253 g/mol. The van der Waals surface area contributed by atoms with E-state index in [-0.39, 0.29) is 5.78 Å². The molecule has 0 radical (unpaired) electrons. The summed E-state index contributed by atoms with van der Waals surface area (Å²) in [6.07, 6.45) is 4.18. The maximum absolute atomic E-state index is 12.3. The lowest BCUT2D eigenvalue weighted by Crippen LogP contribution is -2.03. The highest BCUT2D eigenvalue weighted by Crippen LogP contribution is 2.27. The summed E-state index contributed by atoms with van der Waals surface area (Å²) in [6.45, 7) is 1.90.